The summed E-state index contributed by atoms with van der Waals surface area (Å²) in [4.78, 5) is 39.6. The highest BCUT2D eigenvalue weighted by molar-refractivity contribution is 6.00. The van der Waals surface area contributed by atoms with Crippen LogP contribution in [-0.4, -0.2) is 44.9 Å². The number of nitrogens with one attached hydrogen (secondary N) is 1. The Kier molecular flexibility index (Phi) is 3.64. The number of likely N-dealkylation sites (tertiary alicyclic amines) is 1. The molecule has 1 aromatic rings. The van der Waals surface area contributed by atoms with Crippen LogP contribution < -0.4 is 5.73 Å². The van der Waals surface area contributed by atoms with E-state index in [9.17, 15) is 19.5 Å². The second-order valence-electron chi connectivity index (χ2n) is 6.08. The van der Waals surface area contributed by atoms with Gasteiger partial charge in [-0.1, -0.05) is 12.8 Å². The van der Waals surface area contributed by atoms with Crippen LogP contribution in [0.15, 0.2) is 12.3 Å². The van der Waals surface area contributed by atoms with Crippen molar-refractivity contribution in [3.05, 3.63) is 23.5 Å². The third-order valence-electron chi connectivity index (χ3n) is 4.81. The van der Waals surface area contributed by atoms with Crippen molar-refractivity contribution in [2.45, 2.75) is 44.2 Å². The molecule has 2 aliphatic rings. The maximum atomic E-state index is 12.7. The van der Waals surface area contributed by atoms with Gasteiger partial charge in [-0.25, -0.2) is 4.79 Å². The minimum absolute atomic E-state index is 0.0253. The molecule has 2 heterocycles. The minimum atomic E-state index is -0.968. The van der Waals surface area contributed by atoms with Gasteiger partial charge < -0.3 is 20.7 Å². The number of rotatable bonds is 3. The molecule has 1 aliphatic heterocycles. The summed E-state index contributed by atoms with van der Waals surface area (Å²) < 4.78 is 0. The smallest absolute Gasteiger partial charge is 0.326 e. The number of H-pyrrole nitrogens is 1. The number of carboxylic acids is 1. The zero-order valence-corrected chi connectivity index (χ0v) is 12.1. The van der Waals surface area contributed by atoms with E-state index in [2.05, 4.69) is 4.98 Å². The summed E-state index contributed by atoms with van der Waals surface area (Å²) in [5, 5.41) is 9.44. The first kappa shape index (κ1) is 14.6. The molecule has 7 heteroatoms. The molecule has 1 aliphatic carbocycles. The van der Waals surface area contributed by atoms with Gasteiger partial charge in [0.2, 0.25) is 5.91 Å². The highest BCUT2D eigenvalue weighted by Gasteiger charge is 2.47. The lowest BCUT2D eigenvalue weighted by Crippen LogP contribution is -2.46. The van der Waals surface area contributed by atoms with Crippen LogP contribution >= 0.6 is 0 Å². The molecular weight excluding hydrogens is 286 g/mol. The molecule has 2 fully saturated rings. The lowest BCUT2D eigenvalue weighted by atomic mass is 9.84. The van der Waals surface area contributed by atoms with E-state index < -0.39 is 17.9 Å². The van der Waals surface area contributed by atoms with Crippen LogP contribution in [0.2, 0.25) is 0 Å². The standard InChI is InChI=1S/C15H19N3O4/c16-13(19)9-5-10(17-7-9)14(20)18-11-4-2-1-3-8(11)6-12(18)15(21)22/h5,7-8,11-12,17H,1-4,6H2,(H2,16,19)(H,21,22). The van der Waals surface area contributed by atoms with Gasteiger partial charge in [0.25, 0.3) is 5.91 Å². The molecule has 0 spiro atoms. The first-order valence-electron chi connectivity index (χ1n) is 7.52. The molecule has 22 heavy (non-hydrogen) atoms. The number of nitrogens with zero attached hydrogens (tertiary/aromatic N) is 1. The summed E-state index contributed by atoms with van der Waals surface area (Å²) in [5.41, 5.74) is 5.62. The van der Waals surface area contributed by atoms with Crippen molar-refractivity contribution in [2.24, 2.45) is 11.7 Å². The number of carbonyl (C=O) groups is 3. The fourth-order valence-corrected chi connectivity index (χ4v) is 3.77. The molecule has 3 atom stereocenters. The number of hydrogen-bond acceptors (Lipinski definition) is 3. The molecule has 3 rings (SSSR count). The van der Waals surface area contributed by atoms with Gasteiger partial charge in [0, 0.05) is 12.2 Å². The fourth-order valence-electron chi connectivity index (χ4n) is 3.77. The topological polar surface area (TPSA) is 116 Å². The number of fused-ring (bicyclic) bond motifs is 1. The van der Waals surface area contributed by atoms with E-state index in [0.29, 0.717) is 6.42 Å². The Balaban J connectivity index is 1.89. The maximum absolute atomic E-state index is 12.7. The van der Waals surface area contributed by atoms with E-state index >= 15 is 0 Å². The maximum Gasteiger partial charge on any atom is 0.326 e. The number of hydrogen-bond donors (Lipinski definition) is 3. The Bertz CT molecular complexity index is 624. The number of amides is 2. The SMILES string of the molecule is NC(=O)c1c[nH]c(C(=O)N2C(C(=O)O)CC3CCCCC32)c1. The Morgan fingerprint density at radius 2 is 2.00 bits per heavy atom. The van der Waals surface area contributed by atoms with Crippen LogP contribution in [-0.2, 0) is 4.79 Å². The number of aliphatic carboxylic acids is 1. The van der Waals surface area contributed by atoms with Gasteiger partial charge in [-0.2, -0.15) is 0 Å². The first-order chi connectivity index (χ1) is 10.5. The van der Waals surface area contributed by atoms with Crippen LogP contribution in [0, 0.1) is 5.92 Å². The second-order valence-corrected chi connectivity index (χ2v) is 6.08. The van der Waals surface area contributed by atoms with Gasteiger partial charge in [0.1, 0.15) is 11.7 Å². The number of primary amides is 1. The summed E-state index contributed by atoms with van der Waals surface area (Å²) in [5.74, 6) is -1.70. The summed E-state index contributed by atoms with van der Waals surface area (Å²) in [6.07, 6.45) is 5.78. The van der Waals surface area contributed by atoms with Crippen LogP contribution in [0.3, 0.4) is 0 Å². The van der Waals surface area contributed by atoms with Gasteiger partial charge in [-0.3, -0.25) is 9.59 Å². The molecule has 0 aromatic carbocycles. The summed E-state index contributed by atoms with van der Waals surface area (Å²) in [6.45, 7) is 0. The second kappa shape index (κ2) is 5.47. The largest absolute Gasteiger partial charge is 0.480 e. The van der Waals surface area contributed by atoms with E-state index in [1.54, 1.807) is 0 Å². The summed E-state index contributed by atoms with van der Waals surface area (Å²) in [6, 6.07) is 0.573. The zero-order valence-electron chi connectivity index (χ0n) is 12.1. The molecule has 3 unspecified atom stereocenters. The van der Waals surface area contributed by atoms with Crippen LogP contribution in [0.5, 0.6) is 0 Å². The van der Waals surface area contributed by atoms with Crippen molar-refractivity contribution in [3.8, 4) is 0 Å². The first-order valence-corrected chi connectivity index (χ1v) is 7.52. The van der Waals surface area contributed by atoms with Crippen molar-refractivity contribution in [2.75, 3.05) is 0 Å². The zero-order chi connectivity index (χ0) is 15.9. The van der Waals surface area contributed by atoms with Crippen molar-refractivity contribution in [3.63, 3.8) is 0 Å². The molecule has 0 radical (unpaired) electrons. The fraction of sp³-hybridized carbons (Fsp3) is 0.533. The van der Waals surface area contributed by atoms with E-state index in [0.717, 1.165) is 25.7 Å². The molecule has 118 valence electrons. The molecule has 1 saturated carbocycles. The molecule has 4 N–H and O–H groups in total. The Labute approximate surface area is 127 Å². The normalized spacial score (nSPS) is 27.5. The minimum Gasteiger partial charge on any atom is -0.480 e. The molecule has 1 aromatic heterocycles. The predicted octanol–water partition coefficient (Wildman–Crippen LogP) is 0.971. The average Bonchev–Trinajstić information content (AvgIpc) is 3.11. The Hall–Kier alpha value is -2.31. The predicted molar refractivity (Wildman–Crippen MR) is 77.3 cm³/mol. The van der Waals surface area contributed by atoms with Crippen molar-refractivity contribution in [1.82, 2.24) is 9.88 Å². The highest BCUT2D eigenvalue weighted by atomic mass is 16.4. The van der Waals surface area contributed by atoms with Crippen LogP contribution in [0.1, 0.15) is 53.0 Å². The summed E-state index contributed by atoms with van der Waals surface area (Å²) in [7, 11) is 0. The molecule has 1 saturated heterocycles. The lowest BCUT2D eigenvalue weighted by molar-refractivity contribution is -0.141. The summed E-state index contributed by atoms with van der Waals surface area (Å²) >= 11 is 0. The Morgan fingerprint density at radius 3 is 2.64 bits per heavy atom. The quantitative estimate of drug-likeness (QED) is 0.771. The molecule has 2 amide bonds. The van der Waals surface area contributed by atoms with Gasteiger partial charge in [0.05, 0.1) is 5.56 Å². The number of aromatic amines is 1. The van der Waals surface area contributed by atoms with E-state index in [4.69, 9.17) is 5.73 Å². The molecule has 0 bridgehead atoms. The third-order valence-corrected chi connectivity index (χ3v) is 4.81. The van der Waals surface area contributed by atoms with Crippen LogP contribution in [0.4, 0.5) is 0 Å². The molecular formula is C15H19N3O4. The van der Waals surface area contributed by atoms with Gasteiger partial charge >= 0.3 is 5.97 Å². The van der Waals surface area contributed by atoms with E-state index in [-0.39, 0.29) is 29.1 Å². The number of carboxylic acid groups (broad SMARTS) is 1. The lowest BCUT2D eigenvalue weighted by Gasteiger charge is -2.32. The Morgan fingerprint density at radius 1 is 1.27 bits per heavy atom. The average molecular weight is 305 g/mol. The van der Waals surface area contributed by atoms with Gasteiger partial charge in [-0.15, -0.1) is 0 Å². The highest BCUT2D eigenvalue weighted by Crippen LogP contribution is 2.40. The molecule has 7 nitrogen and oxygen atoms in total. The van der Waals surface area contributed by atoms with E-state index in [1.165, 1.54) is 17.2 Å². The van der Waals surface area contributed by atoms with Gasteiger partial charge in [0.15, 0.2) is 0 Å². The van der Waals surface area contributed by atoms with Gasteiger partial charge in [-0.05, 0) is 31.2 Å². The number of nitrogens with two attached hydrogens (primary N) is 1. The van der Waals surface area contributed by atoms with Crippen LogP contribution in [0.25, 0.3) is 0 Å². The van der Waals surface area contributed by atoms with E-state index in [1.807, 2.05) is 0 Å². The van der Waals surface area contributed by atoms with Crippen molar-refractivity contribution >= 4 is 17.8 Å². The number of carbonyl (C=O) groups excluding carboxylic acids is 2. The monoisotopic (exact) mass is 305 g/mol. The van der Waals surface area contributed by atoms with Crippen molar-refractivity contribution in [1.29, 1.82) is 0 Å². The number of aromatic nitrogens is 1. The third kappa shape index (κ3) is 2.36. The van der Waals surface area contributed by atoms with Crippen molar-refractivity contribution < 1.29 is 19.5 Å².